The Kier molecular flexibility index (Phi) is 5.02. The van der Waals surface area contributed by atoms with Crippen LogP contribution >= 0.6 is 0 Å². The molecule has 140 valence electrons. The van der Waals surface area contributed by atoms with E-state index in [1.165, 1.54) is 10.2 Å². The van der Waals surface area contributed by atoms with Crippen molar-refractivity contribution in [2.45, 2.75) is 31.8 Å². The molecular weight excluding hydrogens is 342 g/mol. The Bertz CT molecular complexity index is 903. The van der Waals surface area contributed by atoms with Crippen molar-refractivity contribution in [3.63, 3.8) is 0 Å². The van der Waals surface area contributed by atoms with Crippen LogP contribution in [-0.2, 0) is 17.9 Å². The average Bonchev–Trinajstić information content (AvgIpc) is 3.34. The van der Waals surface area contributed by atoms with Gasteiger partial charge in [-0.2, -0.15) is 10.2 Å². The van der Waals surface area contributed by atoms with Crippen LogP contribution in [0, 0.1) is 0 Å². The number of aliphatic carboxylic acids is 1. The number of piperidine rings is 1. The quantitative estimate of drug-likeness (QED) is 0.726. The number of carboxylic acids is 1. The Balaban J connectivity index is 1.47. The highest BCUT2D eigenvalue weighted by atomic mass is 16.4. The van der Waals surface area contributed by atoms with Gasteiger partial charge in [-0.05, 0) is 43.1 Å². The van der Waals surface area contributed by atoms with Crippen LogP contribution in [0.15, 0.2) is 55.0 Å². The third-order valence-electron chi connectivity index (χ3n) is 5.02. The molecule has 0 spiro atoms. The fourth-order valence-electron chi connectivity index (χ4n) is 3.78. The Hall–Kier alpha value is -2.93. The van der Waals surface area contributed by atoms with Crippen molar-refractivity contribution in [3.8, 4) is 5.69 Å². The third-order valence-corrected chi connectivity index (χ3v) is 5.02. The molecular formula is C20H23N5O2. The van der Waals surface area contributed by atoms with Crippen LogP contribution in [-0.4, -0.2) is 48.6 Å². The summed E-state index contributed by atoms with van der Waals surface area (Å²) in [4.78, 5) is 13.3. The van der Waals surface area contributed by atoms with Crippen molar-refractivity contribution in [1.82, 2.24) is 24.5 Å². The fourth-order valence-corrected chi connectivity index (χ4v) is 3.78. The lowest BCUT2D eigenvalue weighted by Gasteiger charge is -2.32. The van der Waals surface area contributed by atoms with E-state index in [9.17, 15) is 4.79 Å². The van der Waals surface area contributed by atoms with Gasteiger partial charge in [-0.1, -0.05) is 18.2 Å². The van der Waals surface area contributed by atoms with Crippen LogP contribution < -0.4 is 0 Å². The first-order valence-corrected chi connectivity index (χ1v) is 9.24. The van der Waals surface area contributed by atoms with Gasteiger partial charge in [0.2, 0.25) is 0 Å². The minimum atomic E-state index is -0.870. The van der Waals surface area contributed by atoms with E-state index < -0.39 is 5.97 Å². The van der Waals surface area contributed by atoms with Gasteiger partial charge in [0.15, 0.2) is 0 Å². The molecule has 0 aliphatic carbocycles. The van der Waals surface area contributed by atoms with E-state index in [0.29, 0.717) is 5.92 Å². The summed E-state index contributed by atoms with van der Waals surface area (Å²) in [5.41, 5.74) is 3.34. The number of carbonyl (C=O) groups is 1. The average molecular weight is 365 g/mol. The van der Waals surface area contributed by atoms with Crippen molar-refractivity contribution in [3.05, 3.63) is 66.2 Å². The molecule has 1 N–H and O–H groups in total. The number of likely N-dealkylation sites (tertiary alicyclic amines) is 1. The van der Waals surface area contributed by atoms with Gasteiger partial charge in [0, 0.05) is 37.6 Å². The van der Waals surface area contributed by atoms with Crippen LogP contribution in [0.5, 0.6) is 0 Å². The summed E-state index contributed by atoms with van der Waals surface area (Å²) in [6, 6.07) is 12.2. The van der Waals surface area contributed by atoms with Crippen molar-refractivity contribution in [2.75, 3.05) is 13.1 Å². The number of aromatic nitrogens is 4. The zero-order chi connectivity index (χ0) is 18.6. The highest BCUT2D eigenvalue weighted by molar-refractivity contribution is 5.66. The largest absolute Gasteiger partial charge is 0.480 e. The number of hydrogen-bond acceptors (Lipinski definition) is 4. The minimum Gasteiger partial charge on any atom is -0.480 e. The first kappa shape index (κ1) is 17.5. The molecule has 0 unspecified atom stereocenters. The lowest BCUT2D eigenvalue weighted by Crippen LogP contribution is -2.34. The van der Waals surface area contributed by atoms with Crippen LogP contribution in [0.3, 0.4) is 0 Å². The molecule has 7 nitrogen and oxygen atoms in total. The van der Waals surface area contributed by atoms with E-state index >= 15 is 0 Å². The number of hydrogen-bond donors (Lipinski definition) is 1. The summed E-state index contributed by atoms with van der Waals surface area (Å²) >= 11 is 0. The summed E-state index contributed by atoms with van der Waals surface area (Å²) in [5.74, 6) is -0.532. The Labute approximate surface area is 157 Å². The molecule has 0 radical (unpaired) electrons. The molecule has 3 heterocycles. The minimum absolute atomic E-state index is 0.0896. The van der Waals surface area contributed by atoms with Crippen LogP contribution in [0.25, 0.3) is 5.69 Å². The molecule has 2 aromatic heterocycles. The number of carboxylic acid groups (broad SMARTS) is 1. The van der Waals surface area contributed by atoms with Gasteiger partial charge in [-0.25, -0.2) is 4.68 Å². The van der Waals surface area contributed by atoms with Gasteiger partial charge in [-0.3, -0.25) is 14.4 Å². The lowest BCUT2D eigenvalue weighted by molar-refractivity contribution is -0.137. The highest BCUT2D eigenvalue weighted by Crippen LogP contribution is 2.27. The van der Waals surface area contributed by atoms with E-state index in [-0.39, 0.29) is 6.54 Å². The third kappa shape index (κ3) is 4.09. The van der Waals surface area contributed by atoms with Crippen molar-refractivity contribution >= 4 is 5.97 Å². The van der Waals surface area contributed by atoms with Crippen molar-refractivity contribution < 1.29 is 9.90 Å². The van der Waals surface area contributed by atoms with Crippen LogP contribution in [0.4, 0.5) is 0 Å². The molecule has 1 saturated heterocycles. The van der Waals surface area contributed by atoms with E-state index in [0.717, 1.165) is 43.9 Å². The van der Waals surface area contributed by atoms with Gasteiger partial charge in [0.1, 0.15) is 6.54 Å². The SMILES string of the molecule is O=C(O)Cn1ccc([C@@H]2CCCN(Cc3ccccc3-n3cccn3)C2)n1. The lowest BCUT2D eigenvalue weighted by atomic mass is 9.94. The smallest absolute Gasteiger partial charge is 0.325 e. The maximum absolute atomic E-state index is 10.9. The van der Waals surface area contributed by atoms with Gasteiger partial charge in [0.25, 0.3) is 0 Å². The molecule has 1 fully saturated rings. The Morgan fingerprint density at radius 3 is 2.89 bits per heavy atom. The highest BCUT2D eigenvalue weighted by Gasteiger charge is 2.24. The van der Waals surface area contributed by atoms with Gasteiger partial charge < -0.3 is 5.11 Å². The second-order valence-corrected chi connectivity index (χ2v) is 6.99. The van der Waals surface area contributed by atoms with E-state index in [1.807, 2.05) is 29.1 Å². The molecule has 1 aromatic carbocycles. The van der Waals surface area contributed by atoms with E-state index in [2.05, 4.69) is 33.3 Å². The zero-order valence-corrected chi connectivity index (χ0v) is 15.1. The summed E-state index contributed by atoms with van der Waals surface area (Å²) in [6.45, 7) is 2.76. The Morgan fingerprint density at radius 1 is 1.19 bits per heavy atom. The molecule has 7 heteroatoms. The number of para-hydroxylation sites is 1. The Morgan fingerprint density at radius 2 is 2.07 bits per heavy atom. The van der Waals surface area contributed by atoms with E-state index in [1.54, 1.807) is 12.4 Å². The summed E-state index contributed by atoms with van der Waals surface area (Å²) < 4.78 is 3.41. The molecule has 1 aliphatic heterocycles. The molecule has 0 bridgehead atoms. The monoisotopic (exact) mass is 365 g/mol. The maximum Gasteiger partial charge on any atom is 0.325 e. The molecule has 1 aliphatic rings. The van der Waals surface area contributed by atoms with Gasteiger partial charge in [0.05, 0.1) is 11.4 Å². The topological polar surface area (TPSA) is 76.2 Å². The molecule has 1 atom stereocenters. The predicted octanol–water partition coefficient (Wildman–Crippen LogP) is 2.53. The zero-order valence-electron chi connectivity index (χ0n) is 15.1. The molecule has 3 aromatic rings. The van der Waals surface area contributed by atoms with Crippen LogP contribution in [0.1, 0.15) is 30.0 Å². The van der Waals surface area contributed by atoms with Crippen LogP contribution in [0.2, 0.25) is 0 Å². The number of rotatable bonds is 6. The van der Waals surface area contributed by atoms with Gasteiger partial charge in [-0.15, -0.1) is 0 Å². The van der Waals surface area contributed by atoms with E-state index in [4.69, 9.17) is 5.11 Å². The molecule has 27 heavy (non-hydrogen) atoms. The van der Waals surface area contributed by atoms with Crippen molar-refractivity contribution in [1.29, 1.82) is 0 Å². The number of benzene rings is 1. The fraction of sp³-hybridized carbons (Fsp3) is 0.350. The predicted molar refractivity (Wildman–Crippen MR) is 101 cm³/mol. The first-order chi connectivity index (χ1) is 13.2. The second-order valence-electron chi connectivity index (χ2n) is 6.99. The van der Waals surface area contributed by atoms with Crippen molar-refractivity contribution in [2.24, 2.45) is 0 Å². The van der Waals surface area contributed by atoms with Gasteiger partial charge >= 0.3 is 5.97 Å². The molecule has 0 saturated carbocycles. The normalized spacial score (nSPS) is 17.9. The second kappa shape index (κ2) is 7.75. The first-order valence-electron chi connectivity index (χ1n) is 9.24. The maximum atomic E-state index is 10.9. The molecule has 4 rings (SSSR count). The number of nitrogens with zero attached hydrogens (tertiary/aromatic N) is 5. The summed E-state index contributed by atoms with van der Waals surface area (Å²) in [7, 11) is 0. The summed E-state index contributed by atoms with van der Waals surface area (Å²) in [6.07, 6.45) is 7.71. The standard InChI is InChI=1S/C20H23N5O2/c26-20(27)15-24-12-8-18(22-24)16-6-3-10-23(13-16)14-17-5-1-2-7-19(17)25-11-4-9-21-25/h1-2,4-5,7-9,11-12,16H,3,6,10,13-15H2,(H,26,27)/t16-/m1/s1. The molecule has 0 amide bonds. The summed E-state index contributed by atoms with van der Waals surface area (Å²) in [5, 5.41) is 17.8.